The number of amides is 1. The van der Waals surface area contributed by atoms with Gasteiger partial charge >= 0.3 is 0 Å². The second kappa shape index (κ2) is 4.32. The maximum atomic E-state index is 12.1. The largest absolute Gasteiger partial charge is 0.348 e. The van der Waals surface area contributed by atoms with Gasteiger partial charge in [0.25, 0.3) is 0 Å². The molecule has 0 aliphatic carbocycles. The highest BCUT2D eigenvalue weighted by atomic mass is 16.2. The fourth-order valence-electron chi connectivity index (χ4n) is 2.39. The van der Waals surface area contributed by atoms with Gasteiger partial charge in [-0.25, -0.2) is 0 Å². The fraction of sp³-hybridized carbons (Fsp3) is 0.615. The van der Waals surface area contributed by atoms with E-state index in [1.165, 1.54) is 5.69 Å². The molecule has 0 aromatic carbocycles. The lowest BCUT2D eigenvalue weighted by atomic mass is 10.1. The van der Waals surface area contributed by atoms with E-state index in [0.717, 1.165) is 13.1 Å². The van der Waals surface area contributed by atoms with Crippen LogP contribution in [0.2, 0.25) is 0 Å². The van der Waals surface area contributed by atoms with Gasteiger partial charge in [0.1, 0.15) is 0 Å². The zero-order chi connectivity index (χ0) is 11.7. The maximum absolute atomic E-state index is 12.1. The van der Waals surface area contributed by atoms with Crippen molar-refractivity contribution in [1.29, 1.82) is 0 Å². The predicted molar refractivity (Wildman–Crippen MR) is 64.0 cm³/mol. The first kappa shape index (κ1) is 11.2. The third-order valence-electron chi connectivity index (χ3n) is 3.25. The molecule has 1 atom stereocenters. The van der Waals surface area contributed by atoms with E-state index in [1.54, 1.807) is 0 Å². The van der Waals surface area contributed by atoms with Crippen molar-refractivity contribution >= 4 is 5.91 Å². The minimum atomic E-state index is 0.218. The van der Waals surface area contributed by atoms with Gasteiger partial charge in [-0.15, -0.1) is 0 Å². The number of carbonyl (C=O) groups excluding carboxylic acids is 1. The Morgan fingerprint density at radius 3 is 2.94 bits per heavy atom. The monoisotopic (exact) mass is 220 g/mol. The molecular formula is C13H20N2O. The molecule has 1 aromatic heterocycles. The lowest BCUT2D eigenvalue weighted by molar-refractivity contribution is -0.135. The van der Waals surface area contributed by atoms with Crippen LogP contribution in [0.15, 0.2) is 18.3 Å². The Morgan fingerprint density at radius 1 is 1.50 bits per heavy atom. The third kappa shape index (κ3) is 1.99. The summed E-state index contributed by atoms with van der Waals surface area (Å²) in [6.07, 6.45) is 2.75. The molecule has 1 aliphatic heterocycles. The molecule has 3 heteroatoms. The number of hydrogen-bond acceptors (Lipinski definition) is 1. The number of aromatic nitrogens is 1. The molecule has 0 spiro atoms. The lowest BCUT2D eigenvalue weighted by Crippen LogP contribution is -2.41. The minimum absolute atomic E-state index is 0.218. The summed E-state index contributed by atoms with van der Waals surface area (Å²) in [7, 11) is 0. The van der Waals surface area contributed by atoms with Crippen LogP contribution in [0.25, 0.3) is 0 Å². The summed E-state index contributed by atoms with van der Waals surface area (Å²) < 4.78 is 2.24. The average molecular weight is 220 g/mol. The summed E-state index contributed by atoms with van der Waals surface area (Å²) >= 11 is 0. The maximum Gasteiger partial charge on any atom is 0.223 e. The summed E-state index contributed by atoms with van der Waals surface area (Å²) in [4.78, 5) is 14.1. The molecule has 0 fully saturated rings. The van der Waals surface area contributed by atoms with Crippen molar-refractivity contribution in [2.24, 2.45) is 5.92 Å². The number of fused-ring (bicyclic) bond motifs is 1. The van der Waals surface area contributed by atoms with Crippen LogP contribution in [0.5, 0.6) is 0 Å². The normalized spacial score (nSPS) is 20.0. The first-order valence-corrected chi connectivity index (χ1v) is 6.04. The van der Waals surface area contributed by atoms with Gasteiger partial charge in [-0.1, -0.05) is 13.8 Å². The summed E-state index contributed by atoms with van der Waals surface area (Å²) in [5.41, 5.74) is 1.25. The Morgan fingerprint density at radius 2 is 2.25 bits per heavy atom. The second-order valence-corrected chi connectivity index (χ2v) is 4.99. The highest BCUT2D eigenvalue weighted by Gasteiger charge is 2.27. The topological polar surface area (TPSA) is 25.2 Å². The third-order valence-corrected chi connectivity index (χ3v) is 3.25. The molecule has 1 unspecified atom stereocenters. The molecule has 0 saturated heterocycles. The van der Waals surface area contributed by atoms with Crippen molar-refractivity contribution in [3.05, 3.63) is 24.0 Å². The smallest absolute Gasteiger partial charge is 0.223 e. The Kier molecular flexibility index (Phi) is 3.03. The van der Waals surface area contributed by atoms with E-state index >= 15 is 0 Å². The van der Waals surface area contributed by atoms with Crippen molar-refractivity contribution in [2.45, 2.75) is 39.8 Å². The van der Waals surface area contributed by atoms with Crippen LogP contribution in [0, 0.1) is 5.92 Å². The molecule has 0 N–H and O–H groups in total. The first-order chi connectivity index (χ1) is 7.59. The first-order valence-electron chi connectivity index (χ1n) is 6.04. The molecule has 1 aliphatic rings. The van der Waals surface area contributed by atoms with Crippen molar-refractivity contribution in [2.75, 3.05) is 6.54 Å². The molecule has 0 saturated carbocycles. The molecular weight excluding hydrogens is 200 g/mol. The van der Waals surface area contributed by atoms with Crippen LogP contribution in [0.4, 0.5) is 0 Å². The lowest BCUT2D eigenvalue weighted by Gasteiger charge is -2.35. The van der Waals surface area contributed by atoms with Gasteiger partial charge in [-0.3, -0.25) is 4.79 Å². The molecule has 1 aromatic rings. The summed E-state index contributed by atoms with van der Waals surface area (Å²) in [5, 5.41) is 0. The Balaban J connectivity index is 2.12. The molecule has 0 radical (unpaired) electrons. The standard InChI is InChI=1S/C13H20N2O/c1-10(2)9-13(16)15-8-7-14-6-4-5-12(14)11(15)3/h4-6,10-11H,7-9H2,1-3H3. The van der Waals surface area contributed by atoms with Gasteiger partial charge in [0, 0.05) is 31.4 Å². The van der Waals surface area contributed by atoms with E-state index in [1.807, 2.05) is 4.90 Å². The van der Waals surface area contributed by atoms with Gasteiger partial charge in [-0.05, 0) is 25.0 Å². The summed E-state index contributed by atoms with van der Waals surface area (Å²) in [6.45, 7) is 8.07. The van der Waals surface area contributed by atoms with E-state index in [9.17, 15) is 4.79 Å². The van der Waals surface area contributed by atoms with E-state index < -0.39 is 0 Å². The zero-order valence-corrected chi connectivity index (χ0v) is 10.3. The number of nitrogens with zero attached hydrogens (tertiary/aromatic N) is 2. The van der Waals surface area contributed by atoms with Crippen molar-refractivity contribution in [3.63, 3.8) is 0 Å². The van der Waals surface area contributed by atoms with Crippen LogP contribution >= 0.6 is 0 Å². The molecule has 2 rings (SSSR count). The summed E-state index contributed by atoms with van der Waals surface area (Å²) in [6, 6.07) is 4.39. The van der Waals surface area contributed by atoms with E-state index in [-0.39, 0.29) is 11.9 Å². The van der Waals surface area contributed by atoms with Crippen molar-refractivity contribution in [3.8, 4) is 0 Å². The average Bonchev–Trinajstić information content (AvgIpc) is 2.65. The van der Waals surface area contributed by atoms with Gasteiger partial charge in [0.05, 0.1) is 6.04 Å². The van der Waals surface area contributed by atoms with E-state index in [0.29, 0.717) is 12.3 Å². The predicted octanol–water partition coefficient (Wildman–Crippen LogP) is 2.44. The zero-order valence-electron chi connectivity index (χ0n) is 10.3. The molecule has 16 heavy (non-hydrogen) atoms. The van der Waals surface area contributed by atoms with Crippen LogP contribution in [0.3, 0.4) is 0 Å². The van der Waals surface area contributed by atoms with Gasteiger partial charge in [-0.2, -0.15) is 0 Å². The number of rotatable bonds is 2. The van der Waals surface area contributed by atoms with Crippen LogP contribution in [-0.2, 0) is 11.3 Å². The van der Waals surface area contributed by atoms with E-state index in [2.05, 4.69) is 43.7 Å². The highest BCUT2D eigenvalue weighted by Crippen LogP contribution is 2.26. The quantitative estimate of drug-likeness (QED) is 0.751. The van der Waals surface area contributed by atoms with E-state index in [4.69, 9.17) is 0 Å². The SMILES string of the molecule is CC(C)CC(=O)N1CCn2cccc2C1C. The van der Waals surface area contributed by atoms with Crippen molar-refractivity contribution < 1.29 is 4.79 Å². The Bertz CT molecular complexity index is 381. The van der Waals surface area contributed by atoms with Crippen LogP contribution in [0.1, 0.15) is 38.9 Å². The molecule has 1 amide bonds. The highest BCUT2D eigenvalue weighted by molar-refractivity contribution is 5.77. The Labute approximate surface area is 97.1 Å². The van der Waals surface area contributed by atoms with Crippen LogP contribution < -0.4 is 0 Å². The molecule has 3 nitrogen and oxygen atoms in total. The number of carbonyl (C=O) groups is 1. The van der Waals surface area contributed by atoms with Crippen molar-refractivity contribution in [1.82, 2.24) is 9.47 Å². The second-order valence-electron chi connectivity index (χ2n) is 4.99. The van der Waals surface area contributed by atoms with Gasteiger partial charge < -0.3 is 9.47 Å². The molecule has 2 heterocycles. The summed E-state index contributed by atoms with van der Waals surface area (Å²) in [5.74, 6) is 0.725. The minimum Gasteiger partial charge on any atom is -0.348 e. The Hall–Kier alpha value is -1.25. The van der Waals surface area contributed by atoms with Crippen LogP contribution in [-0.4, -0.2) is 21.9 Å². The molecule has 0 bridgehead atoms. The fourth-order valence-corrected chi connectivity index (χ4v) is 2.39. The van der Waals surface area contributed by atoms with Gasteiger partial charge in [0.2, 0.25) is 5.91 Å². The molecule has 88 valence electrons. The number of hydrogen-bond donors (Lipinski definition) is 0. The van der Waals surface area contributed by atoms with Gasteiger partial charge in [0.15, 0.2) is 0 Å².